The first-order chi connectivity index (χ1) is 9.20. The average molecular weight is 320 g/mol. The van der Waals surface area contributed by atoms with Gasteiger partial charge in [-0.3, -0.25) is 0 Å². The number of aryl methyl sites for hydroxylation is 1. The van der Waals surface area contributed by atoms with Crippen LogP contribution in [0.1, 0.15) is 23.6 Å². The van der Waals surface area contributed by atoms with Crippen molar-refractivity contribution < 1.29 is 4.74 Å². The highest BCUT2D eigenvalue weighted by Crippen LogP contribution is 2.28. The molecule has 0 heterocycles. The molecule has 0 aliphatic rings. The van der Waals surface area contributed by atoms with Crippen LogP contribution in [0.25, 0.3) is 0 Å². The van der Waals surface area contributed by atoms with E-state index in [9.17, 15) is 0 Å². The van der Waals surface area contributed by atoms with E-state index in [1.54, 1.807) is 7.11 Å². The van der Waals surface area contributed by atoms with Crippen molar-refractivity contribution in [2.75, 3.05) is 7.11 Å². The molecule has 0 bridgehead atoms. The molecule has 0 fully saturated rings. The van der Waals surface area contributed by atoms with E-state index in [1.807, 2.05) is 24.3 Å². The number of rotatable bonds is 5. The highest BCUT2D eigenvalue weighted by atomic mass is 79.9. The Kier molecular flexibility index (Phi) is 5.00. The minimum Gasteiger partial charge on any atom is -0.497 e. The highest BCUT2D eigenvalue weighted by Gasteiger charge is 2.11. The number of benzene rings is 2. The van der Waals surface area contributed by atoms with E-state index in [0.717, 1.165) is 28.6 Å². The van der Waals surface area contributed by atoms with Crippen molar-refractivity contribution in [2.45, 2.75) is 18.9 Å². The number of hydrogen-bond donors (Lipinski definition) is 1. The molecule has 2 aromatic carbocycles. The molecule has 0 radical (unpaired) electrons. The minimum atomic E-state index is 0.00433. The van der Waals surface area contributed by atoms with Gasteiger partial charge in [0.15, 0.2) is 0 Å². The van der Waals surface area contributed by atoms with Gasteiger partial charge in [0.05, 0.1) is 7.11 Å². The zero-order valence-corrected chi connectivity index (χ0v) is 12.6. The third-order valence-corrected chi connectivity index (χ3v) is 3.91. The van der Waals surface area contributed by atoms with Crippen LogP contribution in [0, 0.1) is 0 Å². The second-order valence-electron chi connectivity index (χ2n) is 4.52. The summed E-state index contributed by atoms with van der Waals surface area (Å²) in [6.07, 6.45) is 1.89. The SMILES string of the molecule is COc1ccc(Br)c(C(N)CCc2ccccc2)c1. The first-order valence-corrected chi connectivity index (χ1v) is 7.13. The average Bonchev–Trinajstić information content (AvgIpc) is 2.46. The Balaban J connectivity index is 2.05. The van der Waals surface area contributed by atoms with Crippen molar-refractivity contribution in [3.05, 3.63) is 64.1 Å². The molecule has 0 spiro atoms. The lowest BCUT2D eigenvalue weighted by atomic mass is 9.99. The van der Waals surface area contributed by atoms with E-state index in [1.165, 1.54) is 5.56 Å². The van der Waals surface area contributed by atoms with Gasteiger partial charge in [-0.05, 0) is 42.2 Å². The number of ether oxygens (including phenoxy) is 1. The van der Waals surface area contributed by atoms with E-state index in [0.29, 0.717) is 0 Å². The van der Waals surface area contributed by atoms with Crippen molar-refractivity contribution in [1.82, 2.24) is 0 Å². The van der Waals surface area contributed by atoms with Crippen LogP contribution >= 0.6 is 15.9 Å². The van der Waals surface area contributed by atoms with Crippen LogP contribution in [-0.4, -0.2) is 7.11 Å². The molecule has 1 unspecified atom stereocenters. The van der Waals surface area contributed by atoms with Crippen molar-refractivity contribution >= 4 is 15.9 Å². The summed E-state index contributed by atoms with van der Waals surface area (Å²) in [5.41, 5.74) is 8.69. The van der Waals surface area contributed by atoms with Gasteiger partial charge in [0.25, 0.3) is 0 Å². The Morgan fingerprint density at radius 1 is 1.16 bits per heavy atom. The van der Waals surface area contributed by atoms with Crippen LogP contribution in [0.15, 0.2) is 53.0 Å². The Morgan fingerprint density at radius 2 is 1.89 bits per heavy atom. The van der Waals surface area contributed by atoms with Gasteiger partial charge in [0.2, 0.25) is 0 Å². The predicted octanol–water partition coefficient (Wildman–Crippen LogP) is 4.09. The Hall–Kier alpha value is -1.32. The van der Waals surface area contributed by atoms with Crippen LogP contribution in [-0.2, 0) is 6.42 Å². The molecule has 1 atom stereocenters. The van der Waals surface area contributed by atoms with Gasteiger partial charge in [-0.25, -0.2) is 0 Å². The molecule has 0 saturated carbocycles. The molecule has 0 aliphatic carbocycles. The van der Waals surface area contributed by atoms with Gasteiger partial charge >= 0.3 is 0 Å². The molecule has 0 aliphatic heterocycles. The van der Waals surface area contributed by atoms with Crippen LogP contribution in [0.4, 0.5) is 0 Å². The standard InChI is InChI=1S/C16H18BrNO/c1-19-13-8-9-15(17)14(11-13)16(18)10-7-12-5-3-2-4-6-12/h2-6,8-9,11,16H,7,10,18H2,1H3. The maximum absolute atomic E-state index is 6.28. The lowest BCUT2D eigenvalue weighted by molar-refractivity contribution is 0.413. The maximum atomic E-state index is 6.28. The molecule has 0 amide bonds. The van der Waals surface area contributed by atoms with Gasteiger partial charge in [-0.15, -0.1) is 0 Å². The molecule has 2 nitrogen and oxygen atoms in total. The molecule has 0 saturated heterocycles. The number of nitrogens with two attached hydrogens (primary N) is 1. The van der Waals surface area contributed by atoms with Crippen LogP contribution < -0.4 is 10.5 Å². The van der Waals surface area contributed by atoms with Crippen LogP contribution in [0.5, 0.6) is 5.75 Å². The summed E-state index contributed by atoms with van der Waals surface area (Å²) in [4.78, 5) is 0. The van der Waals surface area contributed by atoms with Crippen LogP contribution in [0.2, 0.25) is 0 Å². The summed E-state index contributed by atoms with van der Waals surface area (Å²) in [7, 11) is 1.67. The summed E-state index contributed by atoms with van der Waals surface area (Å²) < 4.78 is 6.28. The van der Waals surface area contributed by atoms with E-state index in [-0.39, 0.29) is 6.04 Å². The maximum Gasteiger partial charge on any atom is 0.119 e. The second-order valence-corrected chi connectivity index (χ2v) is 5.37. The zero-order valence-electron chi connectivity index (χ0n) is 11.0. The van der Waals surface area contributed by atoms with E-state index < -0.39 is 0 Å². The monoisotopic (exact) mass is 319 g/mol. The van der Waals surface area contributed by atoms with Crippen molar-refractivity contribution in [1.29, 1.82) is 0 Å². The fraction of sp³-hybridized carbons (Fsp3) is 0.250. The summed E-state index contributed by atoms with van der Waals surface area (Å²) in [6.45, 7) is 0. The minimum absolute atomic E-state index is 0.00433. The van der Waals surface area contributed by atoms with E-state index >= 15 is 0 Å². The van der Waals surface area contributed by atoms with E-state index in [2.05, 4.69) is 40.2 Å². The molecule has 2 N–H and O–H groups in total. The quantitative estimate of drug-likeness (QED) is 0.900. The third kappa shape index (κ3) is 3.82. The van der Waals surface area contributed by atoms with Crippen molar-refractivity contribution in [3.63, 3.8) is 0 Å². The summed E-state index contributed by atoms with van der Waals surface area (Å²) in [5.74, 6) is 0.841. The Morgan fingerprint density at radius 3 is 2.58 bits per heavy atom. The van der Waals surface area contributed by atoms with Gasteiger partial charge < -0.3 is 10.5 Å². The van der Waals surface area contributed by atoms with Crippen molar-refractivity contribution in [3.8, 4) is 5.75 Å². The first kappa shape index (κ1) is 14.1. The van der Waals surface area contributed by atoms with Crippen LogP contribution in [0.3, 0.4) is 0 Å². The molecule has 3 heteroatoms. The Bertz CT molecular complexity index is 528. The van der Waals surface area contributed by atoms with Gasteiger partial charge in [-0.1, -0.05) is 46.3 Å². The topological polar surface area (TPSA) is 35.2 Å². The molecule has 2 aromatic rings. The lowest BCUT2D eigenvalue weighted by Crippen LogP contribution is -2.12. The summed E-state index contributed by atoms with van der Waals surface area (Å²) in [5, 5.41) is 0. The molecule has 19 heavy (non-hydrogen) atoms. The highest BCUT2D eigenvalue weighted by molar-refractivity contribution is 9.10. The zero-order chi connectivity index (χ0) is 13.7. The summed E-state index contributed by atoms with van der Waals surface area (Å²) in [6, 6.07) is 16.3. The van der Waals surface area contributed by atoms with E-state index in [4.69, 9.17) is 10.5 Å². The fourth-order valence-electron chi connectivity index (χ4n) is 2.06. The number of hydrogen-bond acceptors (Lipinski definition) is 2. The summed E-state index contributed by atoms with van der Waals surface area (Å²) >= 11 is 3.55. The van der Waals surface area contributed by atoms with Gasteiger partial charge in [0, 0.05) is 10.5 Å². The van der Waals surface area contributed by atoms with Gasteiger partial charge in [0.1, 0.15) is 5.75 Å². The molecule has 0 aromatic heterocycles. The second kappa shape index (κ2) is 6.73. The third-order valence-electron chi connectivity index (χ3n) is 3.19. The first-order valence-electron chi connectivity index (χ1n) is 6.33. The molecular weight excluding hydrogens is 302 g/mol. The van der Waals surface area contributed by atoms with Crippen molar-refractivity contribution in [2.24, 2.45) is 5.73 Å². The Labute approximate surface area is 122 Å². The van der Waals surface area contributed by atoms with Gasteiger partial charge in [-0.2, -0.15) is 0 Å². The predicted molar refractivity (Wildman–Crippen MR) is 82.4 cm³/mol. The fourth-order valence-corrected chi connectivity index (χ4v) is 2.60. The largest absolute Gasteiger partial charge is 0.497 e. The number of methoxy groups -OCH3 is 1. The molecule has 100 valence electrons. The normalized spacial score (nSPS) is 12.2. The lowest BCUT2D eigenvalue weighted by Gasteiger charge is -2.15. The number of halogens is 1. The smallest absolute Gasteiger partial charge is 0.119 e. The molecule has 2 rings (SSSR count). The molecular formula is C16H18BrNO.